The van der Waals surface area contributed by atoms with Gasteiger partial charge in [0.2, 0.25) is 0 Å². The minimum atomic E-state index is 0.184. The van der Waals surface area contributed by atoms with Gasteiger partial charge in [0.25, 0.3) is 0 Å². The van der Waals surface area contributed by atoms with E-state index in [0.29, 0.717) is 0 Å². The normalized spacial score (nSPS) is 12.2. The summed E-state index contributed by atoms with van der Waals surface area (Å²) >= 11 is 0. The van der Waals surface area contributed by atoms with E-state index < -0.39 is 0 Å². The van der Waals surface area contributed by atoms with Crippen molar-refractivity contribution >= 4 is 6.21 Å². The number of hydrogen-bond acceptors (Lipinski definition) is 3. The maximum absolute atomic E-state index is 4.19. The zero-order valence-corrected chi connectivity index (χ0v) is 10.3. The van der Waals surface area contributed by atoms with Crippen LogP contribution in [0.15, 0.2) is 42.0 Å². The number of hydrogen-bond donors (Lipinski definition) is 0. The molecular formula is C13H16N4. The van der Waals surface area contributed by atoms with Crippen molar-refractivity contribution in [3.8, 4) is 0 Å². The van der Waals surface area contributed by atoms with Gasteiger partial charge in [0.05, 0.1) is 6.21 Å². The summed E-state index contributed by atoms with van der Waals surface area (Å²) in [7, 11) is 0. The van der Waals surface area contributed by atoms with Crippen molar-refractivity contribution < 1.29 is 0 Å². The molecule has 0 saturated heterocycles. The van der Waals surface area contributed by atoms with Crippen LogP contribution in [0.3, 0.4) is 0 Å². The average molecular weight is 228 g/mol. The molecular weight excluding hydrogens is 212 g/mol. The van der Waals surface area contributed by atoms with Gasteiger partial charge in [-0.3, -0.25) is 0 Å². The number of rotatable bonds is 2. The van der Waals surface area contributed by atoms with E-state index in [9.17, 15) is 0 Å². The molecule has 0 saturated carbocycles. The Morgan fingerprint density at radius 1 is 1.06 bits per heavy atom. The Kier molecular flexibility index (Phi) is 3.04. The molecule has 0 bridgehead atoms. The number of aromatic nitrogens is 3. The predicted octanol–water partition coefficient (Wildman–Crippen LogP) is 2.46. The van der Waals surface area contributed by atoms with Gasteiger partial charge in [-0.15, -0.1) is 10.2 Å². The van der Waals surface area contributed by atoms with Crippen molar-refractivity contribution in [3.63, 3.8) is 0 Å². The van der Waals surface area contributed by atoms with Crippen molar-refractivity contribution in [1.29, 1.82) is 0 Å². The van der Waals surface area contributed by atoms with Crippen LogP contribution in [-0.2, 0) is 5.41 Å². The molecule has 0 aliphatic carbocycles. The lowest BCUT2D eigenvalue weighted by Gasteiger charge is -2.18. The van der Waals surface area contributed by atoms with Gasteiger partial charge in [0.1, 0.15) is 12.7 Å². The Morgan fingerprint density at radius 2 is 1.65 bits per heavy atom. The molecule has 1 aromatic carbocycles. The molecule has 0 atom stereocenters. The Bertz CT molecular complexity index is 489. The van der Waals surface area contributed by atoms with Gasteiger partial charge < -0.3 is 0 Å². The molecule has 0 aliphatic heterocycles. The molecule has 0 radical (unpaired) electrons. The first kappa shape index (κ1) is 11.5. The van der Waals surface area contributed by atoms with Crippen LogP contribution in [0.5, 0.6) is 0 Å². The molecule has 1 heterocycles. The maximum atomic E-state index is 4.19. The first-order valence-electron chi connectivity index (χ1n) is 5.55. The van der Waals surface area contributed by atoms with Crippen LogP contribution in [0.4, 0.5) is 0 Å². The first-order valence-corrected chi connectivity index (χ1v) is 5.55. The summed E-state index contributed by atoms with van der Waals surface area (Å²) < 4.78 is 1.57. The van der Waals surface area contributed by atoms with E-state index in [0.717, 1.165) is 5.56 Å². The molecule has 2 rings (SSSR count). The van der Waals surface area contributed by atoms with Crippen LogP contribution in [0.2, 0.25) is 0 Å². The van der Waals surface area contributed by atoms with Crippen LogP contribution < -0.4 is 0 Å². The molecule has 0 fully saturated rings. The van der Waals surface area contributed by atoms with E-state index >= 15 is 0 Å². The minimum Gasteiger partial charge on any atom is -0.208 e. The second-order valence-corrected chi connectivity index (χ2v) is 4.96. The highest BCUT2D eigenvalue weighted by atomic mass is 15.4. The fraction of sp³-hybridized carbons (Fsp3) is 0.308. The molecule has 0 N–H and O–H groups in total. The van der Waals surface area contributed by atoms with Crippen LogP contribution >= 0.6 is 0 Å². The van der Waals surface area contributed by atoms with E-state index in [2.05, 4.69) is 60.3 Å². The Balaban J connectivity index is 2.14. The lowest BCUT2D eigenvalue weighted by atomic mass is 9.87. The van der Waals surface area contributed by atoms with E-state index in [1.807, 2.05) is 0 Å². The fourth-order valence-corrected chi connectivity index (χ4v) is 1.46. The summed E-state index contributed by atoms with van der Waals surface area (Å²) in [6, 6.07) is 8.39. The van der Waals surface area contributed by atoms with Gasteiger partial charge in [-0.1, -0.05) is 45.0 Å². The van der Waals surface area contributed by atoms with Crippen molar-refractivity contribution in [3.05, 3.63) is 48.0 Å². The molecule has 0 amide bonds. The number of benzene rings is 1. The summed E-state index contributed by atoms with van der Waals surface area (Å²) in [5.74, 6) is 0. The fourth-order valence-electron chi connectivity index (χ4n) is 1.46. The third-order valence-electron chi connectivity index (χ3n) is 2.52. The second kappa shape index (κ2) is 4.49. The van der Waals surface area contributed by atoms with E-state index in [1.54, 1.807) is 23.5 Å². The third kappa shape index (κ3) is 3.00. The SMILES string of the molecule is CC(C)(C)c1ccc(/C=N/n2cnnc2)cc1. The highest BCUT2D eigenvalue weighted by Crippen LogP contribution is 2.21. The second-order valence-electron chi connectivity index (χ2n) is 4.96. The molecule has 88 valence electrons. The maximum Gasteiger partial charge on any atom is 0.141 e. The molecule has 0 spiro atoms. The van der Waals surface area contributed by atoms with Crippen LogP contribution in [0.25, 0.3) is 0 Å². The monoisotopic (exact) mass is 228 g/mol. The molecule has 4 heteroatoms. The topological polar surface area (TPSA) is 43.1 Å². The summed E-state index contributed by atoms with van der Waals surface area (Å²) in [6.45, 7) is 6.60. The van der Waals surface area contributed by atoms with Gasteiger partial charge in [-0.05, 0) is 16.5 Å². The van der Waals surface area contributed by atoms with Crippen LogP contribution in [-0.4, -0.2) is 21.1 Å². The van der Waals surface area contributed by atoms with Gasteiger partial charge in [-0.25, -0.2) is 4.68 Å². The van der Waals surface area contributed by atoms with Gasteiger partial charge in [0.15, 0.2) is 0 Å². The summed E-state index contributed by atoms with van der Waals surface area (Å²) in [5.41, 5.74) is 2.56. The molecule has 0 unspecified atom stereocenters. The van der Waals surface area contributed by atoms with Gasteiger partial charge >= 0.3 is 0 Å². The van der Waals surface area contributed by atoms with Crippen LogP contribution in [0, 0.1) is 0 Å². The highest BCUT2D eigenvalue weighted by Gasteiger charge is 2.12. The van der Waals surface area contributed by atoms with Gasteiger partial charge in [-0.2, -0.15) is 5.10 Å². The number of nitrogens with zero attached hydrogens (tertiary/aromatic N) is 4. The summed E-state index contributed by atoms with van der Waals surface area (Å²) in [5, 5.41) is 11.6. The largest absolute Gasteiger partial charge is 0.208 e. The van der Waals surface area contributed by atoms with Crippen molar-refractivity contribution in [2.24, 2.45) is 5.10 Å². The van der Waals surface area contributed by atoms with Crippen molar-refractivity contribution in [2.45, 2.75) is 26.2 Å². The first-order chi connectivity index (χ1) is 8.05. The van der Waals surface area contributed by atoms with E-state index in [1.165, 1.54) is 5.56 Å². The molecule has 4 nitrogen and oxygen atoms in total. The smallest absolute Gasteiger partial charge is 0.141 e. The lowest BCUT2D eigenvalue weighted by molar-refractivity contribution is 0.590. The predicted molar refractivity (Wildman–Crippen MR) is 68.2 cm³/mol. The molecule has 0 aliphatic rings. The highest BCUT2D eigenvalue weighted by molar-refractivity contribution is 5.79. The molecule has 17 heavy (non-hydrogen) atoms. The molecule has 2 aromatic rings. The van der Waals surface area contributed by atoms with Crippen molar-refractivity contribution in [2.75, 3.05) is 0 Å². The zero-order valence-electron chi connectivity index (χ0n) is 10.3. The minimum absolute atomic E-state index is 0.184. The Morgan fingerprint density at radius 3 is 2.18 bits per heavy atom. The average Bonchev–Trinajstić information content (AvgIpc) is 2.78. The zero-order chi connectivity index (χ0) is 12.3. The van der Waals surface area contributed by atoms with E-state index in [-0.39, 0.29) is 5.41 Å². The standard InChI is InChI=1S/C13H16N4/c1-13(2,3)12-6-4-11(5-7-12)8-16-17-9-14-15-10-17/h4-10H,1-3H3/b16-8+. The summed E-state index contributed by atoms with van der Waals surface area (Å²) in [6.07, 6.45) is 4.90. The lowest BCUT2D eigenvalue weighted by Crippen LogP contribution is -2.10. The third-order valence-corrected chi connectivity index (χ3v) is 2.52. The summed E-state index contributed by atoms with van der Waals surface area (Å²) in [4.78, 5) is 0. The van der Waals surface area contributed by atoms with Gasteiger partial charge in [0, 0.05) is 0 Å². The quantitative estimate of drug-likeness (QED) is 0.741. The van der Waals surface area contributed by atoms with Crippen molar-refractivity contribution in [1.82, 2.24) is 14.9 Å². The Hall–Kier alpha value is -1.97. The Labute approximate surface area is 101 Å². The van der Waals surface area contributed by atoms with Crippen LogP contribution in [0.1, 0.15) is 31.9 Å². The van der Waals surface area contributed by atoms with E-state index in [4.69, 9.17) is 0 Å². The molecule has 1 aromatic heterocycles.